The summed E-state index contributed by atoms with van der Waals surface area (Å²) in [5.41, 5.74) is 9.85. The quantitative estimate of drug-likeness (QED) is 0.335. The van der Waals surface area contributed by atoms with E-state index in [1.807, 2.05) is 12.1 Å². The summed E-state index contributed by atoms with van der Waals surface area (Å²) >= 11 is 2.20. The second-order valence-electron chi connectivity index (χ2n) is 3.99. The number of nitrogens with one attached hydrogen (secondary N) is 2. The van der Waals surface area contributed by atoms with E-state index in [1.165, 1.54) is 5.56 Å². The van der Waals surface area contributed by atoms with Gasteiger partial charge in [-0.25, -0.2) is 0 Å². The van der Waals surface area contributed by atoms with Crippen molar-refractivity contribution in [3.63, 3.8) is 0 Å². The first-order valence-electron chi connectivity index (χ1n) is 5.33. The fraction of sp³-hybridized carbons (Fsp3) is 0.250. The van der Waals surface area contributed by atoms with Crippen LogP contribution in [0.15, 0.2) is 23.3 Å². The van der Waals surface area contributed by atoms with Gasteiger partial charge in [-0.05, 0) is 46.2 Å². The molecule has 0 fully saturated rings. The number of halogens is 1. The van der Waals surface area contributed by atoms with Gasteiger partial charge in [-0.15, -0.1) is 0 Å². The van der Waals surface area contributed by atoms with E-state index in [-0.39, 0.29) is 11.5 Å². The van der Waals surface area contributed by atoms with Crippen LogP contribution in [0.1, 0.15) is 25.3 Å². The second-order valence-corrected chi connectivity index (χ2v) is 5.15. The molecule has 0 amide bonds. The third kappa shape index (κ3) is 3.70. The lowest BCUT2D eigenvalue weighted by Gasteiger charge is -2.09. The SMILES string of the molecule is CC(C)c1ccc(N/N=C(\C#N)C(=N)N)c(I)c1. The van der Waals surface area contributed by atoms with E-state index < -0.39 is 0 Å². The van der Waals surface area contributed by atoms with Gasteiger partial charge in [-0.3, -0.25) is 10.8 Å². The van der Waals surface area contributed by atoms with Crippen molar-refractivity contribution in [2.24, 2.45) is 10.8 Å². The number of anilines is 1. The monoisotopic (exact) mass is 355 g/mol. The highest BCUT2D eigenvalue weighted by Gasteiger charge is 2.05. The zero-order chi connectivity index (χ0) is 13.7. The largest absolute Gasteiger partial charge is 0.382 e. The summed E-state index contributed by atoms with van der Waals surface area (Å²) in [4.78, 5) is 0. The van der Waals surface area contributed by atoms with E-state index in [1.54, 1.807) is 6.07 Å². The predicted octanol–water partition coefficient (Wildman–Crippen LogP) is 2.64. The highest BCUT2D eigenvalue weighted by molar-refractivity contribution is 14.1. The van der Waals surface area contributed by atoms with Gasteiger partial charge in [0.1, 0.15) is 6.07 Å². The zero-order valence-electron chi connectivity index (χ0n) is 10.2. The predicted molar refractivity (Wildman–Crippen MR) is 81.8 cm³/mol. The number of hydrogen-bond donors (Lipinski definition) is 3. The van der Waals surface area contributed by atoms with E-state index >= 15 is 0 Å². The molecule has 0 aliphatic carbocycles. The Morgan fingerprint density at radius 2 is 2.22 bits per heavy atom. The number of hydrazone groups is 1. The number of rotatable bonds is 4. The number of benzene rings is 1. The van der Waals surface area contributed by atoms with Gasteiger partial charge in [0.15, 0.2) is 5.84 Å². The summed E-state index contributed by atoms with van der Waals surface area (Å²) in [6, 6.07) is 7.72. The molecule has 0 unspecified atom stereocenters. The van der Waals surface area contributed by atoms with Crippen LogP contribution in [-0.4, -0.2) is 11.5 Å². The maximum atomic E-state index is 8.72. The summed E-state index contributed by atoms with van der Waals surface area (Å²) in [6.45, 7) is 4.25. The van der Waals surface area contributed by atoms with Crippen LogP contribution in [0.2, 0.25) is 0 Å². The van der Waals surface area contributed by atoms with Gasteiger partial charge in [0, 0.05) is 3.57 Å². The maximum Gasteiger partial charge on any atom is 0.201 e. The Labute approximate surface area is 120 Å². The smallest absolute Gasteiger partial charge is 0.201 e. The van der Waals surface area contributed by atoms with Crippen LogP contribution in [0.25, 0.3) is 0 Å². The van der Waals surface area contributed by atoms with Crippen LogP contribution in [0.4, 0.5) is 5.69 Å². The van der Waals surface area contributed by atoms with Gasteiger partial charge in [-0.1, -0.05) is 19.9 Å². The topological polar surface area (TPSA) is 98.0 Å². The van der Waals surface area contributed by atoms with Crippen molar-refractivity contribution in [2.45, 2.75) is 19.8 Å². The van der Waals surface area contributed by atoms with Crippen LogP contribution >= 0.6 is 22.6 Å². The average molecular weight is 355 g/mol. The molecule has 0 saturated heterocycles. The molecule has 0 aromatic heterocycles. The van der Waals surface area contributed by atoms with Gasteiger partial charge in [-0.2, -0.15) is 10.4 Å². The van der Waals surface area contributed by atoms with Crippen molar-refractivity contribution in [3.05, 3.63) is 27.3 Å². The lowest BCUT2D eigenvalue weighted by Crippen LogP contribution is -2.21. The minimum atomic E-state index is -0.348. The third-order valence-corrected chi connectivity index (χ3v) is 3.20. The van der Waals surface area contributed by atoms with Crippen LogP contribution in [-0.2, 0) is 0 Å². The van der Waals surface area contributed by atoms with Crippen molar-refractivity contribution in [3.8, 4) is 6.07 Å². The van der Waals surface area contributed by atoms with Gasteiger partial charge in [0.05, 0.1) is 5.69 Å². The molecule has 0 spiro atoms. The number of nitrogens with zero attached hydrogens (tertiary/aromatic N) is 2. The molecule has 0 saturated carbocycles. The van der Waals surface area contributed by atoms with Crippen molar-refractivity contribution in [1.29, 1.82) is 10.7 Å². The third-order valence-electron chi connectivity index (χ3n) is 2.31. The summed E-state index contributed by atoms with van der Waals surface area (Å²) < 4.78 is 1.00. The van der Waals surface area contributed by atoms with Crippen molar-refractivity contribution in [2.75, 3.05) is 5.43 Å². The lowest BCUT2D eigenvalue weighted by atomic mass is 10.0. The van der Waals surface area contributed by atoms with Crippen molar-refractivity contribution < 1.29 is 0 Å². The molecule has 0 bridgehead atoms. The minimum Gasteiger partial charge on any atom is -0.382 e. The second kappa shape index (κ2) is 6.35. The fourth-order valence-electron chi connectivity index (χ4n) is 1.24. The number of nitrogens with two attached hydrogens (primary N) is 1. The highest BCUT2D eigenvalue weighted by Crippen LogP contribution is 2.23. The van der Waals surface area contributed by atoms with Gasteiger partial charge < -0.3 is 5.73 Å². The molecule has 0 aliphatic heterocycles. The lowest BCUT2D eigenvalue weighted by molar-refractivity contribution is 0.866. The molecule has 94 valence electrons. The number of amidine groups is 1. The number of hydrogen-bond acceptors (Lipinski definition) is 4. The standard InChI is InChI=1S/C12H14IN5/c1-7(2)8-3-4-10(9(13)5-8)17-18-11(6-14)12(15)16/h3-5,7,17H,1-2H3,(H3,15,16)/b18-11+. The number of nitriles is 1. The molecular weight excluding hydrogens is 341 g/mol. The Bertz CT molecular complexity index is 528. The summed E-state index contributed by atoms with van der Waals surface area (Å²) in [5, 5.41) is 19.7. The molecule has 5 nitrogen and oxygen atoms in total. The normalized spacial score (nSPS) is 11.2. The van der Waals surface area contributed by atoms with Crippen LogP contribution < -0.4 is 11.2 Å². The van der Waals surface area contributed by atoms with E-state index in [4.69, 9.17) is 16.4 Å². The van der Waals surface area contributed by atoms with E-state index in [0.29, 0.717) is 5.92 Å². The molecule has 0 aliphatic rings. The average Bonchev–Trinajstić information content (AvgIpc) is 2.30. The summed E-state index contributed by atoms with van der Waals surface area (Å²) in [7, 11) is 0. The molecule has 0 heterocycles. The highest BCUT2D eigenvalue weighted by atomic mass is 127. The van der Waals surface area contributed by atoms with Gasteiger partial charge in [0.25, 0.3) is 0 Å². The van der Waals surface area contributed by atoms with Crippen molar-refractivity contribution in [1.82, 2.24) is 0 Å². The van der Waals surface area contributed by atoms with Crippen LogP contribution in [0.3, 0.4) is 0 Å². The Morgan fingerprint density at radius 1 is 1.56 bits per heavy atom. The minimum absolute atomic E-state index is 0.126. The zero-order valence-corrected chi connectivity index (χ0v) is 12.3. The van der Waals surface area contributed by atoms with E-state index in [9.17, 15) is 0 Å². The van der Waals surface area contributed by atoms with Crippen LogP contribution in [0.5, 0.6) is 0 Å². The molecule has 0 radical (unpaired) electrons. The maximum absolute atomic E-state index is 8.72. The molecule has 1 aromatic carbocycles. The molecule has 1 aromatic rings. The first-order chi connectivity index (χ1) is 8.45. The summed E-state index contributed by atoms with van der Waals surface area (Å²) in [5.74, 6) is 0.113. The van der Waals surface area contributed by atoms with Gasteiger partial charge >= 0.3 is 0 Å². The Hall–Kier alpha value is -1.62. The Kier molecular flexibility index (Phi) is 5.09. The molecule has 18 heavy (non-hydrogen) atoms. The van der Waals surface area contributed by atoms with Crippen LogP contribution in [0, 0.1) is 20.3 Å². The summed E-state index contributed by atoms with van der Waals surface area (Å²) in [6.07, 6.45) is 0. The van der Waals surface area contributed by atoms with Gasteiger partial charge in [0.2, 0.25) is 5.71 Å². The van der Waals surface area contributed by atoms with E-state index in [2.05, 4.69) is 53.0 Å². The Morgan fingerprint density at radius 3 is 2.67 bits per heavy atom. The first kappa shape index (κ1) is 14.4. The van der Waals surface area contributed by atoms with E-state index in [0.717, 1.165) is 9.26 Å². The Balaban J connectivity index is 2.94. The fourth-order valence-corrected chi connectivity index (χ4v) is 1.90. The molecular formula is C12H14IN5. The first-order valence-corrected chi connectivity index (χ1v) is 6.41. The molecule has 6 heteroatoms. The molecule has 1 rings (SSSR count). The van der Waals surface area contributed by atoms with Crippen molar-refractivity contribution >= 4 is 39.8 Å². The molecule has 0 atom stereocenters. The molecule has 4 N–H and O–H groups in total.